The number of aromatic nitrogens is 2. The van der Waals surface area contributed by atoms with Crippen LogP contribution in [0.15, 0.2) is 41.8 Å². The molecule has 0 bridgehead atoms. The molecule has 1 heterocycles. The van der Waals surface area contributed by atoms with Crippen molar-refractivity contribution in [3.8, 4) is 11.4 Å². The lowest BCUT2D eigenvalue weighted by Gasteiger charge is -2.14. The van der Waals surface area contributed by atoms with Gasteiger partial charge in [-0.15, -0.1) is 0 Å². The van der Waals surface area contributed by atoms with Crippen LogP contribution in [-0.2, 0) is 4.79 Å². The number of hydrogen-bond acceptors (Lipinski definition) is 4. The molecule has 0 unspecified atom stereocenters. The zero-order valence-corrected chi connectivity index (χ0v) is 13.5. The number of rotatable bonds is 4. The normalized spacial score (nSPS) is 19.0. The molecule has 1 saturated carbocycles. The Labute approximate surface area is 134 Å². The molecule has 22 heavy (non-hydrogen) atoms. The van der Waals surface area contributed by atoms with Crippen molar-refractivity contribution in [2.75, 3.05) is 7.11 Å². The number of ketones is 1. The molecule has 0 aliphatic heterocycles. The van der Waals surface area contributed by atoms with Gasteiger partial charge >= 0.3 is 0 Å². The number of carbonyl (C=O) groups excluding carboxylic acids is 1. The monoisotopic (exact) mass is 316 g/mol. The van der Waals surface area contributed by atoms with Crippen molar-refractivity contribution in [2.24, 2.45) is 0 Å². The Hall–Kier alpha value is -1.75. The lowest BCUT2D eigenvalue weighted by Crippen LogP contribution is -2.15. The highest BCUT2D eigenvalue weighted by atomic mass is 32.2. The van der Waals surface area contributed by atoms with Crippen molar-refractivity contribution in [2.45, 2.75) is 42.5 Å². The van der Waals surface area contributed by atoms with Gasteiger partial charge in [0.1, 0.15) is 11.5 Å². The molecule has 116 valence electrons. The Morgan fingerprint density at radius 3 is 2.82 bits per heavy atom. The van der Waals surface area contributed by atoms with Crippen molar-refractivity contribution in [1.82, 2.24) is 9.55 Å². The third kappa shape index (κ3) is 3.35. The number of hydrogen-bond donors (Lipinski definition) is 0. The van der Waals surface area contributed by atoms with Gasteiger partial charge in [0.2, 0.25) is 0 Å². The number of ether oxygens (including phenoxy) is 1. The van der Waals surface area contributed by atoms with Gasteiger partial charge in [0, 0.05) is 24.5 Å². The summed E-state index contributed by atoms with van der Waals surface area (Å²) in [4.78, 5) is 16.6. The Kier molecular flexibility index (Phi) is 4.83. The molecule has 1 aliphatic carbocycles. The zero-order valence-electron chi connectivity index (χ0n) is 12.7. The van der Waals surface area contributed by atoms with Crippen molar-refractivity contribution < 1.29 is 9.53 Å². The van der Waals surface area contributed by atoms with E-state index in [1.807, 2.05) is 35.0 Å². The molecule has 0 N–H and O–H groups in total. The number of carbonyl (C=O) groups is 1. The average molecular weight is 316 g/mol. The summed E-state index contributed by atoms with van der Waals surface area (Å²) in [6, 6.07) is 7.86. The molecule has 4 nitrogen and oxygen atoms in total. The van der Waals surface area contributed by atoms with Gasteiger partial charge in [-0.2, -0.15) is 0 Å². The predicted octanol–water partition coefficient (Wildman–Crippen LogP) is 3.87. The van der Waals surface area contributed by atoms with Crippen molar-refractivity contribution in [3.05, 3.63) is 36.7 Å². The molecule has 0 saturated heterocycles. The second kappa shape index (κ2) is 7.01. The van der Waals surface area contributed by atoms with E-state index in [9.17, 15) is 4.79 Å². The van der Waals surface area contributed by atoms with Crippen LogP contribution in [0.25, 0.3) is 5.69 Å². The van der Waals surface area contributed by atoms with Crippen LogP contribution in [0.5, 0.6) is 5.75 Å². The van der Waals surface area contributed by atoms with Crippen LogP contribution >= 0.6 is 11.8 Å². The second-order valence-corrected chi connectivity index (χ2v) is 6.62. The van der Waals surface area contributed by atoms with Crippen LogP contribution in [0, 0.1) is 0 Å². The molecule has 2 aromatic rings. The molecular formula is C17H20N2O2S. The van der Waals surface area contributed by atoms with E-state index in [0.29, 0.717) is 12.2 Å². The fourth-order valence-corrected chi connectivity index (χ4v) is 3.89. The van der Waals surface area contributed by atoms with Gasteiger partial charge in [0.25, 0.3) is 0 Å². The van der Waals surface area contributed by atoms with E-state index in [4.69, 9.17) is 4.74 Å². The topological polar surface area (TPSA) is 44.1 Å². The number of Topliss-reactive ketones (excluding diaryl/α,β-unsaturated/α-hetero) is 1. The highest BCUT2D eigenvalue weighted by Gasteiger charge is 2.23. The van der Waals surface area contributed by atoms with Gasteiger partial charge in [-0.1, -0.05) is 24.6 Å². The first-order chi connectivity index (χ1) is 10.8. The lowest BCUT2D eigenvalue weighted by molar-refractivity contribution is -0.118. The average Bonchev–Trinajstić information content (AvgIpc) is 2.92. The molecule has 0 amide bonds. The summed E-state index contributed by atoms with van der Waals surface area (Å²) in [5.74, 6) is 1.20. The van der Waals surface area contributed by atoms with E-state index in [0.717, 1.165) is 42.3 Å². The van der Waals surface area contributed by atoms with E-state index in [1.54, 1.807) is 25.1 Å². The second-order valence-electron chi connectivity index (χ2n) is 5.45. The Bertz CT molecular complexity index is 636. The van der Waals surface area contributed by atoms with Crippen LogP contribution in [0.2, 0.25) is 0 Å². The van der Waals surface area contributed by atoms with E-state index in [1.165, 1.54) is 0 Å². The van der Waals surface area contributed by atoms with E-state index in [-0.39, 0.29) is 5.25 Å². The largest absolute Gasteiger partial charge is 0.497 e. The standard InChI is InChI=1S/C17H20N2O2S/c1-21-14-9-7-13(8-10-14)19-12-11-18-17(19)22-16-6-4-2-3-5-15(16)20/h7-12,16H,2-6H2,1H3/t16-/m0/s1. The number of nitrogens with zero attached hydrogens (tertiary/aromatic N) is 2. The van der Waals surface area contributed by atoms with Gasteiger partial charge < -0.3 is 4.74 Å². The summed E-state index contributed by atoms with van der Waals surface area (Å²) in [6.45, 7) is 0. The molecule has 0 spiro atoms. The van der Waals surface area contributed by atoms with Gasteiger partial charge in [0.05, 0.1) is 12.4 Å². The Morgan fingerprint density at radius 2 is 2.05 bits per heavy atom. The van der Waals surface area contributed by atoms with Crippen molar-refractivity contribution >= 4 is 17.5 Å². The summed E-state index contributed by atoms with van der Waals surface area (Å²) in [5, 5.41) is 0.923. The SMILES string of the molecule is COc1ccc(-n2ccnc2S[C@H]2CCCCCC2=O)cc1. The first-order valence-electron chi connectivity index (χ1n) is 7.65. The summed E-state index contributed by atoms with van der Waals surface area (Å²) >= 11 is 1.60. The smallest absolute Gasteiger partial charge is 0.173 e. The molecule has 1 atom stereocenters. The van der Waals surface area contributed by atoms with Gasteiger partial charge in [0.15, 0.2) is 5.16 Å². The fraction of sp³-hybridized carbons (Fsp3) is 0.412. The molecule has 0 radical (unpaired) electrons. The minimum absolute atomic E-state index is 0.0434. The predicted molar refractivity (Wildman–Crippen MR) is 87.9 cm³/mol. The lowest BCUT2D eigenvalue weighted by atomic mass is 10.2. The van der Waals surface area contributed by atoms with Crippen LogP contribution in [-0.4, -0.2) is 27.7 Å². The summed E-state index contributed by atoms with van der Waals surface area (Å²) < 4.78 is 7.22. The first kappa shape index (κ1) is 15.2. The fourth-order valence-electron chi connectivity index (χ4n) is 2.70. The Morgan fingerprint density at radius 1 is 1.23 bits per heavy atom. The quantitative estimate of drug-likeness (QED) is 0.803. The minimum Gasteiger partial charge on any atom is -0.497 e. The van der Waals surface area contributed by atoms with Gasteiger partial charge in [-0.3, -0.25) is 9.36 Å². The third-order valence-electron chi connectivity index (χ3n) is 3.95. The van der Waals surface area contributed by atoms with E-state index >= 15 is 0 Å². The van der Waals surface area contributed by atoms with Crippen LogP contribution in [0.4, 0.5) is 0 Å². The maximum Gasteiger partial charge on any atom is 0.173 e. The highest BCUT2D eigenvalue weighted by Crippen LogP contribution is 2.31. The summed E-state index contributed by atoms with van der Waals surface area (Å²) in [6.07, 6.45) is 8.71. The van der Waals surface area contributed by atoms with Crippen molar-refractivity contribution in [1.29, 1.82) is 0 Å². The van der Waals surface area contributed by atoms with E-state index < -0.39 is 0 Å². The van der Waals surface area contributed by atoms with Crippen LogP contribution < -0.4 is 4.74 Å². The third-order valence-corrected chi connectivity index (χ3v) is 5.25. The highest BCUT2D eigenvalue weighted by molar-refractivity contribution is 8.00. The first-order valence-corrected chi connectivity index (χ1v) is 8.53. The van der Waals surface area contributed by atoms with Crippen LogP contribution in [0.1, 0.15) is 32.1 Å². The number of imidazole rings is 1. The molecule has 1 aromatic carbocycles. The molecule has 1 fully saturated rings. The molecule has 5 heteroatoms. The summed E-state index contributed by atoms with van der Waals surface area (Å²) in [5.41, 5.74) is 1.03. The molecule has 1 aromatic heterocycles. The maximum atomic E-state index is 12.2. The van der Waals surface area contributed by atoms with Gasteiger partial charge in [-0.05, 0) is 37.1 Å². The molecule has 3 rings (SSSR count). The number of methoxy groups -OCH3 is 1. The molecule has 1 aliphatic rings. The molecular weight excluding hydrogens is 296 g/mol. The van der Waals surface area contributed by atoms with Crippen molar-refractivity contribution in [3.63, 3.8) is 0 Å². The Balaban J connectivity index is 1.80. The zero-order chi connectivity index (χ0) is 15.4. The maximum absolute atomic E-state index is 12.2. The van der Waals surface area contributed by atoms with Crippen LogP contribution in [0.3, 0.4) is 0 Å². The summed E-state index contributed by atoms with van der Waals surface area (Å²) in [7, 11) is 1.66. The number of thioether (sulfide) groups is 1. The number of benzene rings is 1. The van der Waals surface area contributed by atoms with Gasteiger partial charge in [-0.25, -0.2) is 4.98 Å². The van der Waals surface area contributed by atoms with E-state index in [2.05, 4.69) is 4.98 Å². The minimum atomic E-state index is 0.0434.